The normalized spacial score (nSPS) is 16.1. The predicted octanol–water partition coefficient (Wildman–Crippen LogP) is 6.43. The minimum absolute atomic E-state index is 0.0583. The van der Waals surface area contributed by atoms with Gasteiger partial charge in [0.05, 0.1) is 12.2 Å². The van der Waals surface area contributed by atoms with Crippen LogP contribution in [0.5, 0.6) is 11.8 Å². The summed E-state index contributed by atoms with van der Waals surface area (Å²) < 4.78 is 37.6. The maximum atomic E-state index is 15.6. The lowest BCUT2D eigenvalue weighted by atomic mass is 9.99. The number of nitrogens with zero attached hydrogens (tertiary/aromatic N) is 4. The van der Waals surface area contributed by atoms with Crippen molar-refractivity contribution in [2.45, 2.75) is 46.0 Å². The van der Waals surface area contributed by atoms with Crippen LogP contribution in [0.1, 0.15) is 34.8 Å². The SMILES string of the molecule is CC(=O)c1cn(CC(=O)N2C[C@H](F)C[C@H]2C(=O)Nc2cccc(-c3ccccc3C)c2F)c2ccc(Oc3ncc(C)cn3)cc12. The molecule has 1 fully saturated rings. The van der Waals surface area contributed by atoms with Crippen molar-refractivity contribution in [1.82, 2.24) is 19.4 Å². The number of alkyl halides is 1. The number of likely N-dealkylation sites (tertiary alicyclic amines) is 1. The largest absolute Gasteiger partial charge is 0.424 e. The summed E-state index contributed by atoms with van der Waals surface area (Å²) in [6.07, 6.45) is 3.15. The number of hydrogen-bond donors (Lipinski definition) is 1. The summed E-state index contributed by atoms with van der Waals surface area (Å²) in [6, 6.07) is 16.0. The maximum absolute atomic E-state index is 15.6. The molecule has 0 unspecified atom stereocenters. The second kappa shape index (κ2) is 12.5. The van der Waals surface area contributed by atoms with E-state index < -0.39 is 29.8 Å². The number of amides is 2. The third-order valence-electron chi connectivity index (χ3n) is 8.07. The summed E-state index contributed by atoms with van der Waals surface area (Å²) in [5.41, 5.74) is 3.62. The van der Waals surface area contributed by atoms with Gasteiger partial charge in [0.15, 0.2) is 11.6 Å². The van der Waals surface area contributed by atoms with E-state index in [-0.39, 0.29) is 37.0 Å². The lowest BCUT2D eigenvalue weighted by molar-refractivity contribution is -0.137. The average molecular weight is 624 g/mol. The van der Waals surface area contributed by atoms with Crippen LogP contribution in [0, 0.1) is 19.7 Å². The molecule has 1 saturated heterocycles. The zero-order chi connectivity index (χ0) is 32.5. The summed E-state index contributed by atoms with van der Waals surface area (Å²) in [5, 5.41) is 3.13. The second-order valence-corrected chi connectivity index (χ2v) is 11.4. The Kier molecular flexibility index (Phi) is 8.31. The smallest absolute Gasteiger partial charge is 0.321 e. The monoisotopic (exact) mass is 623 g/mol. The molecule has 1 aliphatic heterocycles. The van der Waals surface area contributed by atoms with Crippen molar-refractivity contribution in [1.29, 1.82) is 0 Å². The van der Waals surface area contributed by atoms with Crippen LogP contribution in [0.4, 0.5) is 14.5 Å². The van der Waals surface area contributed by atoms with E-state index in [1.54, 1.807) is 65.6 Å². The van der Waals surface area contributed by atoms with Gasteiger partial charge in [-0.15, -0.1) is 0 Å². The number of anilines is 1. The number of nitrogens with one attached hydrogen (secondary N) is 1. The fourth-order valence-electron chi connectivity index (χ4n) is 5.76. The zero-order valence-corrected chi connectivity index (χ0v) is 25.5. The molecule has 6 rings (SSSR count). The fourth-order valence-corrected chi connectivity index (χ4v) is 5.76. The minimum atomic E-state index is -1.43. The Morgan fingerprint density at radius 3 is 2.48 bits per heavy atom. The molecule has 2 amide bonds. The van der Waals surface area contributed by atoms with Crippen LogP contribution < -0.4 is 10.1 Å². The highest BCUT2D eigenvalue weighted by Crippen LogP contribution is 2.32. The Balaban J connectivity index is 1.22. The number of Topliss-reactive ketones (excluding diaryl/α,β-unsaturated/α-hetero) is 1. The Bertz CT molecular complexity index is 1970. The number of benzene rings is 3. The number of aryl methyl sites for hydroxylation is 2. The van der Waals surface area contributed by atoms with Gasteiger partial charge in [0.25, 0.3) is 0 Å². The highest BCUT2D eigenvalue weighted by atomic mass is 19.1. The van der Waals surface area contributed by atoms with E-state index in [1.807, 2.05) is 26.0 Å². The average Bonchev–Trinajstić information content (AvgIpc) is 3.60. The van der Waals surface area contributed by atoms with E-state index in [0.717, 1.165) is 11.1 Å². The van der Waals surface area contributed by atoms with Gasteiger partial charge in [0.1, 0.15) is 24.5 Å². The van der Waals surface area contributed by atoms with Crippen molar-refractivity contribution in [2.24, 2.45) is 0 Å². The first-order chi connectivity index (χ1) is 22.1. The summed E-state index contributed by atoms with van der Waals surface area (Å²) in [4.78, 5) is 49.0. The summed E-state index contributed by atoms with van der Waals surface area (Å²) in [6.45, 7) is 4.60. The second-order valence-electron chi connectivity index (χ2n) is 11.4. The number of ether oxygens (including phenoxy) is 1. The van der Waals surface area contributed by atoms with Crippen molar-refractivity contribution >= 4 is 34.2 Å². The molecule has 2 atom stereocenters. The van der Waals surface area contributed by atoms with Crippen LogP contribution in [-0.4, -0.2) is 55.8 Å². The minimum Gasteiger partial charge on any atom is -0.424 e. The standard InChI is InChI=1S/C35H31F2N5O4/c1-20-15-38-35(39-16-20)46-24-11-12-30-27(14-24)28(22(3)43)18-41(30)19-32(44)42-17-23(36)13-31(42)34(45)40-29-10-6-9-26(33(29)37)25-8-5-4-7-21(25)2/h4-12,14-16,18,23,31H,13,17,19H2,1-3H3,(H,40,45)/t23-,31+/m1/s1. The number of carbonyl (C=O) groups excluding carboxylic acids is 3. The van der Waals surface area contributed by atoms with Crippen molar-refractivity contribution in [3.8, 4) is 22.9 Å². The number of fused-ring (bicyclic) bond motifs is 1. The number of carbonyl (C=O) groups is 3. The van der Waals surface area contributed by atoms with Crippen molar-refractivity contribution < 1.29 is 27.9 Å². The van der Waals surface area contributed by atoms with Crippen LogP contribution in [-0.2, 0) is 16.1 Å². The number of aromatic nitrogens is 3. The first-order valence-corrected chi connectivity index (χ1v) is 14.8. The van der Waals surface area contributed by atoms with Crippen molar-refractivity contribution in [3.63, 3.8) is 0 Å². The molecule has 234 valence electrons. The molecule has 1 aliphatic rings. The van der Waals surface area contributed by atoms with E-state index in [1.165, 1.54) is 17.9 Å². The number of rotatable bonds is 8. The van der Waals surface area contributed by atoms with Gasteiger partial charge in [0.2, 0.25) is 11.8 Å². The molecular formula is C35H31F2N5O4. The first-order valence-electron chi connectivity index (χ1n) is 14.8. The Hall–Kier alpha value is -5.45. The molecule has 46 heavy (non-hydrogen) atoms. The van der Waals surface area contributed by atoms with E-state index >= 15 is 4.39 Å². The topological polar surface area (TPSA) is 106 Å². The molecule has 0 bridgehead atoms. The third kappa shape index (κ3) is 6.08. The maximum Gasteiger partial charge on any atom is 0.321 e. The van der Waals surface area contributed by atoms with Gasteiger partial charge >= 0.3 is 6.01 Å². The number of ketones is 1. The lowest BCUT2D eigenvalue weighted by Gasteiger charge is -2.24. The zero-order valence-electron chi connectivity index (χ0n) is 25.5. The first kappa shape index (κ1) is 30.6. The molecule has 2 aromatic heterocycles. The Labute approximate surface area is 263 Å². The van der Waals surface area contributed by atoms with E-state index in [2.05, 4.69) is 15.3 Å². The van der Waals surface area contributed by atoms with Gasteiger partial charge in [-0.3, -0.25) is 14.4 Å². The summed E-state index contributed by atoms with van der Waals surface area (Å²) in [7, 11) is 0. The molecule has 0 saturated carbocycles. The molecule has 0 spiro atoms. The quantitative estimate of drug-likeness (QED) is 0.200. The van der Waals surface area contributed by atoms with E-state index in [4.69, 9.17) is 4.74 Å². The molecular weight excluding hydrogens is 592 g/mol. The van der Waals surface area contributed by atoms with Gasteiger partial charge in [-0.1, -0.05) is 36.4 Å². The molecule has 0 aliphatic carbocycles. The number of hydrogen-bond acceptors (Lipinski definition) is 6. The van der Waals surface area contributed by atoms with Gasteiger partial charge in [0, 0.05) is 47.0 Å². The highest BCUT2D eigenvalue weighted by molar-refractivity contribution is 6.07. The lowest BCUT2D eigenvalue weighted by Crippen LogP contribution is -2.44. The molecule has 9 nitrogen and oxygen atoms in total. The van der Waals surface area contributed by atoms with E-state index in [9.17, 15) is 18.8 Å². The fraction of sp³-hybridized carbons (Fsp3) is 0.229. The molecule has 1 N–H and O–H groups in total. The molecule has 3 heterocycles. The molecule has 0 radical (unpaired) electrons. The summed E-state index contributed by atoms with van der Waals surface area (Å²) in [5.74, 6) is -1.65. The van der Waals surface area contributed by atoms with Gasteiger partial charge in [-0.2, -0.15) is 0 Å². The van der Waals surface area contributed by atoms with Crippen LogP contribution in [0.2, 0.25) is 0 Å². The van der Waals surface area contributed by atoms with Crippen molar-refractivity contribution in [2.75, 3.05) is 11.9 Å². The Morgan fingerprint density at radius 2 is 1.74 bits per heavy atom. The van der Waals surface area contributed by atoms with Crippen LogP contribution in [0.25, 0.3) is 22.0 Å². The molecule has 3 aromatic carbocycles. The predicted molar refractivity (Wildman–Crippen MR) is 169 cm³/mol. The third-order valence-corrected chi connectivity index (χ3v) is 8.07. The summed E-state index contributed by atoms with van der Waals surface area (Å²) >= 11 is 0. The van der Waals surface area contributed by atoms with Crippen LogP contribution in [0.3, 0.4) is 0 Å². The van der Waals surface area contributed by atoms with Crippen LogP contribution in [0.15, 0.2) is 79.3 Å². The highest BCUT2D eigenvalue weighted by Gasteiger charge is 2.40. The Morgan fingerprint density at radius 1 is 1.00 bits per heavy atom. The molecule has 5 aromatic rings. The van der Waals surface area contributed by atoms with Crippen molar-refractivity contribution in [3.05, 3.63) is 102 Å². The van der Waals surface area contributed by atoms with Gasteiger partial charge in [-0.05, 0) is 61.7 Å². The van der Waals surface area contributed by atoms with E-state index in [0.29, 0.717) is 33.3 Å². The number of halogens is 2. The van der Waals surface area contributed by atoms with Gasteiger partial charge in [-0.25, -0.2) is 18.7 Å². The van der Waals surface area contributed by atoms with Gasteiger partial charge < -0.3 is 19.5 Å². The van der Waals surface area contributed by atoms with Crippen LogP contribution >= 0.6 is 0 Å². The molecule has 11 heteroatoms.